The van der Waals surface area contributed by atoms with Crippen molar-refractivity contribution in [2.45, 2.75) is 78.4 Å². The molecule has 1 amide bonds. The summed E-state index contributed by atoms with van der Waals surface area (Å²) in [6.07, 6.45) is 7.06. The van der Waals surface area contributed by atoms with Gasteiger partial charge in [0.1, 0.15) is 0 Å². The molecule has 0 bridgehead atoms. The van der Waals surface area contributed by atoms with Crippen molar-refractivity contribution in [3.05, 3.63) is 35.4 Å². The second-order valence-electron chi connectivity index (χ2n) is 9.57. The Morgan fingerprint density at radius 1 is 0.970 bits per heavy atom. The number of rotatable bonds is 9. The molecule has 7 heteroatoms. The Morgan fingerprint density at radius 2 is 1.64 bits per heavy atom. The van der Waals surface area contributed by atoms with Crippen molar-refractivity contribution in [3.8, 4) is 0 Å². The summed E-state index contributed by atoms with van der Waals surface area (Å²) in [5, 5.41) is 7.01. The molecule has 2 heterocycles. The minimum absolute atomic E-state index is 0. The van der Waals surface area contributed by atoms with Gasteiger partial charge in [0.05, 0.1) is 6.54 Å². The molecule has 0 spiro atoms. The van der Waals surface area contributed by atoms with Gasteiger partial charge in [0, 0.05) is 38.6 Å². The van der Waals surface area contributed by atoms with Gasteiger partial charge in [0.25, 0.3) is 0 Å². The topological polar surface area (TPSA) is 60.0 Å². The number of nitrogens with one attached hydrogen (secondary N) is 2. The summed E-state index contributed by atoms with van der Waals surface area (Å²) in [6, 6.07) is 9.06. The highest BCUT2D eigenvalue weighted by Gasteiger charge is 2.23. The van der Waals surface area contributed by atoms with Crippen LogP contribution in [0.15, 0.2) is 29.3 Å². The lowest BCUT2D eigenvalue weighted by atomic mass is 10.0. The Labute approximate surface area is 218 Å². The first-order valence-corrected chi connectivity index (χ1v) is 12.7. The van der Waals surface area contributed by atoms with Gasteiger partial charge in [-0.1, -0.05) is 51.0 Å². The third-order valence-corrected chi connectivity index (χ3v) is 6.69. The lowest BCUT2D eigenvalue weighted by Gasteiger charge is -2.34. The maximum absolute atomic E-state index is 11.8. The molecule has 2 saturated heterocycles. The monoisotopic (exact) mass is 569 g/mol. The number of benzene rings is 1. The molecule has 2 aliphatic heterocycles. The largest absolute Gasteiger partial charge is 0.357 e. The van der Waals surface area contributed by atoms with Gasteiger partial charge < -0.3 is 15.5 Å². The molecule has 0 radical (unpaired) electrons. The number of guanidine groups is 1. The summed E-state index contributed by atoms with van der Waals surface area (Å²) in [5.74, 6) is 1.78. The van der Waals surface area contributed by atoms with Crippen LogP contribution < -0.4 is 10.6 Å². The van der Waals surface area contributed by atoms with Crippen LogP contribution >= 0.6 is 24.0 Å². The molecule has 33 heavy (non-hydrogen) atoms. The normalized spacial score (nSPS) is 18.7. The van der Waals surface area contributed by atoms with Gasteiger partial charge in [-0.15, -0.1) is 24.0 Å². The number of hydrogen-bond donors (Lipinski definition) is 2. The van der Waals surface area contributed by atoms with Crippen molar-refractivity contribution in [3.63, 3.8) is 0 Å². The fourth-order valence-corrected chi connectivity index (χ4v) is 4.77. The quantitative estimate of drug-likeness (QED) is 0.263. The molecule has 1 unspecified atom stereocenters. The third kappa shape index (κ3) is 9.08. The third-order valence-electron chi connectivity index (χ3n) is 6.69. The van der Waals surface area contributed by atoms with Crippen LogP contribution in [0.2, 0.25) is 0 Å². The van der Waals surface area contributed by atoms with E-state index in [1.165, 1.54) is 49.9 Å². The number of halogens is 1. The minimum atomic E-state index is 0. The number of amides is 1. The van der Waals surface area contributed by atoms with Crippen LogP contribution in [0.5, 0.6) is 0 Å². The van der Waals surface area contributed by atoms with E-state index in [9.17, 15) is 4.79 Å². The Morgan fingerprint density at radius 3 is 2.21 bits per heavy atom. The highest BCUT2D eigenvalue weighted by molar-refractivity contribution is 14.0. The van der Waals surface area contributed by atoms with Crippen LogP contribution in [0, 0.1) is 5.92 Å². The van der Waals surface area contributed by atoms with Gasteiger partial charge in [-0.3, -0.25) is 9.69 Å². The van der Waals surface area contributed by atoms with Crippen molar-refractivity contribution in [1.82, 2.24) is 20.4 Å². The summed E-state index contributed by atoms with van der Waals surface area (Å²) < 4.78 is 0. The van der Waals surface area contributed by atoms with Crippen molar-refractivity contribution in [2.24, 2.45) is 10.9 Å². The first-order chi connectivity index (χ1) is 15.6. The summed E-state index contributed by atoms with van der Waals surface area (Å²) in [5.41, 5.74) is 2.38. The van der Waals surface area contributed by atoms with Crippen molar-refractivity contribution in [1.29, 1.82) is 0 Å². The fraction of sp³-hybridized carbons (Fsp3) is 0.692. The zero-order valence-corrected chi connectivity index (χ0v) is 23.1. The van der Waals surface area contributed by atoms with E-state index in [0.29, 0.717) is 24.9 Å². The van der Waals surface area contributed by atoms with E-state index in [1.807, 2.05) is 4.90 Å². The number of likely N-dealkylation sites (tertiary alicyclic amines) is 2. The maximum Gasteiger partial charge on any atom is 0.222 e. The zero-order valence-electron chi connectivity index (χ0n) is 20.8. The lowest BCUT2D eigenvalue weighted by molar-refractivity contribution is -0.128. The summed E-state index contributed by atoms with van der Waals surface area (Å²) in [7, 11) is 0. The van der Waals surface area contributed by atoms with Gasteiger partial charge in [-0.05, 0) is 56.3 Å². The van der Waals surface area contributed by atoms with Crippen LogP contribution in [-0.2, 0) is 17.9 Å². The van der Waals surface area contributed by atoms with Crippen LogP contribution in [-0.4, -0.2) is 60.4 Å². The molecule has 0 aromatic heterocycles. The molecule has 1 aromatic rings. The van der Waals surface area contributed by atoms with Crippen LogP contribution in [0.4, 0.5) is 0 Å². The second kappa shape index (κ2) is 14.8. The molecule has 186 valence electrons. The summed E-state index contributed by atoms with van der Waals surface area (Å²) >= 11 is 0. The first kappa shape index (κ1) is 27.9. The van der Waals surface area contributed by atoms with Gasteiger partial charge in [-0.25, -0.2) is 4.99 Å². The molecule has 2 aliphatic rings. The predicted molar refractivity (Wildman–Crippen MR) is 148 cm³/mol. The van der Waals surface area contributed by atoms with E-state index in [2.05, 4.69) is 60.6 Å². The molecule has 2 fully saturated rings. The SMILES string of the molecule is CCNC(=NCc1ccc(CN2CCCC2=O)cc1)NCC(C(C)C)N1CCCCCC1.I. The first-order valence-electron chi connectivity index (χ1n) is 12.7. The van der Waals surface area contributed by atoms with Crippen molar-refractivity contribution in [2.75, 3.05) is 32.7 Å². The molecule has 0 aliphatic carbocycles. The molecular formula is C26H44IN5O. The Bertz CT molecular complexity index is 729. The van der Waals surface area contributed by atoms with Gasteiger partial charge in [0.15, 0.2) is 5.96 Å². The van der Waals surface area contributed by atoms with Gasteiger partial charge >= 0.3 is 0 Å². The van der Waals surface area contributed by atoms with Gasteiger partial charge in [-0.2, -0.15) is 0 Å². The maximum atomic E-state index is 11.8. The van der Waals surface area contributed by atoms with E-state index >= 15 is 0 Å². The number of nitrogens with zero attached hydrogens (tertiary/aromatic N) is 3. The number of carbonyl (C=O) groups excluding carboxylic acids is 1. The Kier molecular flexibility index (Phi) is 12.5. The van der Waals surface area contributed by atoms with Crippen LogP contribution in [0.25, 0.3) is 0 Å². The Hall–Kier alpha value is -1.35. The fourth-order valence-electron chi connectivity index (χ4n) is 4.77. The second-order valence-corrected chi connectivity index (χ2v) is 9.57. The van der Waals surface area contributed by atoms with E-state index in [0.717, 1.165) is 38.6 Å². The molecule has 1 aromatic carbocycles. The zero-order chi connectivity index (χ0) is 22.8. The summed E-state index contributed by atoms with van der Waals surface area (Å²) in [6.45, 7) is 13.2. The molecule has 6 nitrogen and oxygen atoms in total. The van der Waals surface area contributed by atoms with Crippen LogP contribution in [0.3, 0.4) is 0 Å². The minimum Gasteiger partial charge on any atom is -0.357 e. The smallest absolute Gasteiger partial charge is 0.222 e. The standard InChI is InChI=1S/C26H43N5O.HI/c1-4-27-26(29-19-24(21(2)3)30-15-7-5-6-8-16-30)28-18-22-11-13-23(14-12-22)20-31-17-9-10-25(31)32;/h11-14,21,24H,4-10,15-20H2,1-3H3,(H2,27,28,29);1H. The van der Waals surface area contributed by atoms with Crippen LogP contribution in [0.1, 0.15) is 70.4 Å². The van der Waals surface area contributed by atoms with E-state index in [-0.39, 0.29) is 29.9 Å². The number of hydrogen-bond acceptors (Lipinski definition) is 3. The van der Waals surface area contributed by atoms with E-state index in [1.54, 1.807) is 0 Å². The highest BCUT2D eigenvalue weighted by atomic mass is 127. The van der Waals surface area contributed by atoms with Crippen molar-refractivity contribution >= 4 is 35.8 Å². The molecule has 3 rings (SSSR count). The molecule has 0 saturated carbocycles. The highest BCUT2D eigenvalue weighted by Crippen LogP contribution is 2.17. The average Bonchev–Trinajstić information content (AvgIpc) is 3.01. The summed E-state index contributed by atoms with van der Waals surface area (Å²) in [4.78, 5) is 21.3. The lowest BCUT2D eigenvalue weighted by Crippen LogP contribution is -2.49. The number of carbonyl (C=O) groups is 1. The Balaban J connectivity index is 0.00000385. The average molecular weight is 570 g/mol. The van der Waals surface area contributed by atoms with Crippen molar-refractivity contribution < 1.29 is 4.79 Å². The van der Waals surface area contributed by atoms with E-state index < -0.39 is 0 Å². The van der Waals surface area contributed by atoms with Gasteiger partial charge in [0.2, 0.25) is 5.91 Å². The molecule has 1 atom stereocenters. The van der Waals surface area contributed by atoms with E-state index in [4.69, 9.17) is 4.99 Å². The predicted octanol–water partition coefficient (Wildman–Crippen LogP) is 4.38. The number of aliphatic imine (C=N–C) groups is 1. The molecule has 2 N–H and O–H groups in total. The molecular weight excluding hydrogens is 525 g/mol.